The zero-order valence-corrected chi connectivity index (χ0v) is 13.0. The molecule has 2 aliphatic rings. The van der Waals surface area contributed by atoms with E-state index in [1.165, 1.54) is 38.5 Å². The molecule has 122 valence electrons. The van der Waals surface area contributed by atoms with Crippen molar-refractivity contribution in [2.45, 2.75) is 63.4 Å². The number of rotatable bonds is 6. The van der Waals surface area contributed by atoms with Crippen LogP contribution in [0.2, 0.25) is 0 Å². The van der Waals surface area contributed by atoms with E-state index in [0.29, 0.717) is 32.6 Å². The van der Waals surface area contributed by atoms with Crippen LogP contribution in [-0.2, 0) is 4.74 Å². The van der Waals surface area contributed by atoms with Crippen LogP contribution >= 0.6 is 0 Å². The van der Waals surface area contributed by atoms with E-state index in [1.807, 2.05) is 0 Å². The molecule has 2 fully saturated rings. The van der Waals surface area contributed by atoms with Gasteiger partial charge in [-0.3, -0.25) is 0 Å². The van der Waals surface area contributed by atoms with Gasteiger partial charge in [0, 0.05) is 39.1 Å². The number of carbonyl (C=O) groups excluding carboxylic acids is 1. The molecule has 2 rings (SSSR count). The maximum absolute atomic E-state index is 11.7. The number of urea groups is 1. The Balaban J connectivity index is 1.51. The summed E-state index contributed by atoms with van der Waals surface area (Å²) in [5, 5.41) is 15.9. The van der Waals surface area contributed by atoms with Crippen LogP contribution in [0.4, 0.5) is 4.79 Å². The molecule has 1 heterocycles. The zero-order chi connectivity index (χ0) is 15.0. The second-order valence-electron chi connectivity index (χ2n) is 6.59. The minimum atomic E-state index is -0.794. The summed E-state index contributed by atoms with van der Waals surface area (Å²) in [6.45, 7) is 2.18. The van der Waals surface area contributed by atoms with E-state index in [2.05, 4.69) is 10.6 Å². The highest BCUT2D eigenvalue weighted by molar-refractivity contribution is 5.73. The van der Waals surface area contributed by atoms with Gasteiger partial charge in [-0.25, -0.2) is 4.79 Å². The molecule has 0 aromatic heterocycles. The van der Waals surface area contributed by atoms with Crippen molar-refractivity contribution in [2.75, 3.05) is 26.3 Å². The van der Waals surface area contributed by atoms with E-state index < -0.39 is 5.60 Å². The molecule has 0 unspecified atom stereocenters. The van der Waals surface area contributed by atoms with Gasteiger partial charge in [-0.2, -0.15) is 0 Å². The number of amides is 2. The van der Waals surface area contributed by atoms with Gasteiger partial charge in [0.2, 0.25) is 0 Å². The highest BCUT2D eigenvalue weighted by Gasteiger charge is 2.29. The first-order chi connectivity index (χ1) is 10.2. The van der Waals surface area contributed by atoms with E-state index >= 15 is 0 Å². The summed E-state index contributed by atoms with van der Waals surface area (Å²) in [5.41, 5.74) is -0.794. The third-order valence-electron chi connectivity index (χ3n) is 4.80. The van der Waals surface area contributed by atoms with Crippen LogP contribution in [0.25, 0.3) is 0 Å². The third-order valence-corrected chi connectivity index (χ3v) is 4.80. The Morgan fingerprint density at radius 1 is 1.14 bits per heavy atom. The van der Waals surface area contributed by atoms with Crippen LogP contribution in [0.1, 0.15) is 57.8 Å². The quantitative estimate of drug-likeness (QED) is 0.658. The van der Waals surface area contributed by atoms with Crippen molar-refractivity contribution < 1.29 is 14.6 Å². The molecule has 1 aliphatic carbocycles. The predicted octanol–water partition coefficient (Wildman–Crippen LogP) is 2.19. The fourth-order valence-electron chi connectivity index (χ4n) is 3.30. The van der Waals surface area contributed by atoms with E-state index in [1.54, 1.807) is 0 Å². The van der Waals surface area contributed by atoms with Gasteiger partial charge >= 0.3 is 6.03 Å². The molecule has 2 amide bonds. The number of aliphatic hydroxyl groups is 1. The molecule has 5 nitrogen and oxygen atoms in total. The molecule has 0 spiro atoms. The standard InChI is InChI=1S/C16H30N2O3/c19-15(18-13-16(20)8-11-21-12-9-16)17-10-4-7-14-5-2-1-3-6-14/h14,20H,1-13H2,(H2,17,18,19). The lowest BCUT2D eigenvalue weighted by Crippen LogP contribution is -2.49. The SMILES string of the molecule is O=C(NCCCC1CCCCC1)NCC1(O)CCOCC1. The lowest BCUT2D eigenvalue weighted by atomic mass is 9.86. The van der Waals surface area contributed by atoms with Gasteiger partial charge in [-0.1, -0.05) is 32.1 Å². The molecule has 21 heavy (non-hydrogen) atoms. The van der Waals surface area contributed by atoms with Crippen LogP contribution in [0.3, 0.4) is 0 Å². The van der Waals surface area contributed by atoms with Crippen LogP contribution in [0.5, 0.6) is 0 Å². The number of nitrogens with one attached hydrogen (secondary N) is 2. The summed E-state index contributed by atoms with van der Waals surface area (Å²) in [5.74, 6) is 0.867. The second kappa shape index (κ2) is 8.59. The summed E-state index contributed by atoms with van der Waals surface area (Å²) in [7, 11) is 0. The Hall–Kier alpha value is -0.810. The molecule has 0 radical (unpaired) electrons. The molecule has 1 aliphatic heterocycles. The van der Waals surface area contributed by atoms with Gasteiger partial charge in [-0.15, -0.1) is 0 Å². The van der Waals surface area contributed by atoms with Gasteiger partial charge in [0.1, 0.15) is 0 Å². The van der Waals surface area contributed by atoms with E-state index in [9.17, 15) is 9.90 Å². The molecule has 1 saturated carbocycles. The van der Waals surface area contributed by atoms with E-state index in [0.717, 1.165) is 18.9 Å². The Bertz CT molecular complexity index is 311. The number of carbonyl (C=O) groups is 1. The first-order valence-corrected chi connectivity index (χ1v) is 8.50. The molecule has 5 heteroatoms. The fraction of sp³-hybridized carbons (Fsp3) is 0.938. The van der Waals surface area contributed by atoms with Crippen LogP contribution < -0.4 is 10.6 Å². The fourth-order valence-corrected chi connectivity index (χ4v) is 3.30. The molecular formula is C16H30N2O3. The van der Waals surface area contributed by atoms with Gasteiger partial charge < -0.3 is 20.5 Å². The number of hydrogen-bond donors (Lipinski definition) is 3. The van der Waals surface area contributed by atoms with Crippen molar-refractivity contribution in [1.29, 1.82) is 0 Å². The normalized spacial score (nSPS) is 22.7. The molecule has 0 bridgehead atoms. The maximum atomic E-state index is 11.7. The van der Waals surface area contributed by atoms with Crippen molar-refractivity contribution in [3.8, 4) is 0 Å². The van der Waals surface area contributed by atoms with Crippen molar-refractivity contribution in [1.82, 2.24) is 10.6 Å². The third kappa shape index (κ3) is 6.22. The summed E-state index contributed by atoms with van der Waals surface area (Å²) in [6, 6.07) is -0.168. The summed E-state index contributed by atoms with van der Waals surface area (Å²) >= 11 is 0. The van der Waals surface area contributed by atoms with Crippen LogP contribution in [0.15, 0.2) is 0 Å². The Kier molecular flexibility index (Phi) is 6.77. The average molecular weight is 298 g/mol. The van der Waals surface area contributed by atoms with Gasteiger partial charge in [-0.05, 0) is 18.8 Å². The first kappa shape index (κ1) is 16.6. The van der Waals surface area contributed by atoms with Crippen molar-refractivity contribution in [3.05, 3.63) is 0 Å². The maximum Gasteiger partial charge on any atom is 0.314 e. The smallest absolute Gasteiger partial charge is 0.314 e. The topological polar surface area (TPSA) is 70.6 Å². The van der Waals surface area contributed by atoms with Crippen LogP contribution in [-0.4, -0.2) is 43.0 Å². The van der Waals surface area contributed by atoms with E-state index in [-0.39, 0.29) is 6.03 Å². The summed E-state index contributed by atoms with van der Waals surface area (Å²) < 4.78 is 5.22. The lowest BCUT2D eigenvalue weighted by Gasteiger charge is -2.32. The monoisotopic (exact) mass is 298 g/mol. The lowest BCUT2D eigenvalue weighted by molar-refractivity contribution is -0.0600. The zero-order valence-electron chi connectivity index (χ0n) is 13.0. The summed E-state index contributed by atoms with van der Waals surface area (Å²) in [6.07, 6.45) is 10.3. The van der Waals surface area contributed by atoms with Crippen molar-refractivity contribution in [2.24, 2.45) is 5.92 Å². The van der Waals surface area contributed by atoms with Gasteiger partial charge in [0.15, 0.2) is 0 Å². The minimum Gasteiger partial charge on any atom is -0.388 e. The van der Waals surface area contributed by atoms with Crippen molar-refractivity contribution in [3.63, 3.8) is 0 Å². The van der Waals surface area contributed by atoms with Gasteiger partial charge in [0.05, 0.1) is 5.60 Å². The Morgan fingerprint density at radius 3 is 2.57 bits per heavy atom. The molecule has 1 saturated heterocycles. The van der Waals surface area contributed by atoms with E-state index in [4.69, 9.17) is 4.74 Å². The molecule has 0 aromatic carbocycles. The largest absolute Gasteiger partial charge is 0.388 e. The molecular weight excluding hydrogens is 268 g/mol. The molecule has 3 N–H and O–H groups in total. The second-order valence-corrected chi connectivity index (χ2v) is 6.59. The van der Waals surface area contributed by atoms with Crippen molar-refractivity contribution >= 4 is 6.03 Å². The minimum absolute atomic E-state index is 0.168. The molecule has 0 aromatic rings. The van der Waals surface area contributed by atoms with Gasteiger partial charge in [0.25, 0.3) is 0 Å². The number of hydrogen-bond acceptors (Lipinski definition) is 3. The predicted molar refractivity (Wildman–Crippen MR) is 82.2 cm³/mol. The Morgan fingerprint density at radius 2 is 1.86 bits per heavy atom. The first-order valence-electron chi connectivity index (χ1n) is 8.50. The average Bonchev–Trinajstić information content (AvgIpc) is 2.51. The Labute approximate surface area is 127 Å². The number of ether oxygens (including phenoxy) is 1. The molecule has 0 atom stereocenters. The van der Waals surface area contributed by atoms with Crippen LogP contribution in [0, 0.1) is 5.92 Å². The highest BCUT2D eigenvalue weighted by atomic mass is 16.5. The highest BCUT2D eigenvalue weighted by Crippen LogP contribution is 2.26. The summed E-state index contributed by atoms with van der Waals surface area (Å²) in [4.78, 5) is 11.7.